The smallest absolute Gasteiger partial charge is 0.308 e. The van der Waals surface area contributed by atoms with Crippen LogP contribution in [0.5, 0.6) is 0 Å². The molecule has 0 radical (unpaired) electrons. The van der Waals surface area contributed by atoms with E-state index in [9.17, 15) is 13.6 Å². The molecule has 0 N–H and O–H groups in total. The molecule has 0 bridgehead atoms. The summed E-state index contributed by atoms with van der Waals surface area (Å²) in [6.45, 7) is 3.87. The Morgan fingerprint density at radius 3 is 2.47 bits per heavy atom. The number of carbonyl (C=O) groups excluding carboxylic acids is 1. The summed E-state index contributed by atoms with van der Waals surface area (Å²) in [5.74, 6) is -2.97. The number of esters is 1. The van der Waals surface area contributed by atoms with Crippen molar-refractivity contribution in [3.8, 4) is 0 Å². The molecule has 1 fully saturated rings. The predicted molar refractivity (Wildman–Crippen MR) is 52.7 cm³/mol. The molecule has 1 rings (SSSR count). The molecule has 2 nitrogen and oxygen atoms in total. The van der Waals surface area contributed by atoms with Gasteiger partial charge in [-0.2, -0.15) is 0 Å². The summed E-state index contributed by atoms with van der Waals surface area (Å²) in [5, 5.41) is 0. The normalized spacial score (nSPS) is 23.5. The zero-order valence-corrected chi connectivity index (χ0v) is 9.26. The van der Waals surface area contributed by atoms with E-state index in [1.165, 1.54) is 0 Å². The van der Waals surface area contributed by atoms with Crippen molar-refractivity contribution >= 4 is 5.97 Å². The van der Waals surface area contributed by atoms with Crippen molar-refractivity contribution in [2.24, 2.45) is 11.8 Å². The predicted octanol–water partition coefficient (Wildman–Crippen LogP) is 3.01. The van der Waals surface area contributed by atoms with E-state index in [4.69, 9.17) is 4.74 Å². The van der Waals surface area contributed by atoms with E-state index in [0.717, 1.165) is 0 Å². The molecule has 0 saturated heterocycles. The number of ether oxygens (including phenoxy) is 1. The first-order chi connectivity index (χ1) is 6.96. The maximum absolute atomic E-state index is 12.9. The van der Waals surface area contributed by atoms with Gasteiger partial charge < -0.3 is 4.74 Å². The highest BCUT2D eigenvalue weighted by molar-refractivity contribution is 5.72. The second-order valence-electron chi connectivity index (χ2n) is 4.23. The molecular formula is C11H18F2O2. The third-order valence-electron chi connectivity index (χ3n) is 3.13. The van der Waals surface area contributed by atoms with Crippen molar-refractivity contribution in [3.05, 3.63) is 0 Å². The zero-order valence-electron chi connectivity index (χ0n) is 9.26. The Bertz CT molecular complexity index is 219. The summed E-state index contributed by atoms with van der Waals surface area (Å²) in [5.41, 5.74) is 0. The standard InChI is InChI=1S/C11H18F2O2/c1-3-15-10(14)8(2)9-4-6-11(12,13)7-5-9/h8-9H,3-7H2,1-2H3/t8-/m0/s1. The molecule has 1 saturated carbocycles. The molecule has 0 aromatic carbocycles. The quantitative estimate of drug-likeness (QED) is 0.683. The Morgan fingerprint density at radius 1 is 1.47 bits per heavy atom. The molecule has 15 heavy (non-hydrogen) atoms. The highest BCUT2D eigenvalue weighted by atomic mass is 19.3. The molecule has 0 spiro atoms. The van der Waals surface area contributed by atoms with Crippen molar-refractivity contribution in [2.75, 3.05) is 6.61 Å². The van der Waals surface area contributed by atoms with Crippen LogP contribution in [0.1, 0.15) is 39.5 Å². The topological polar surface area (TPSA) is 26.3 Å². The van der Waals surface area contributed by atoms with Crippen LogP contribution < -0.4 is 0 Å². The van der Waals surface area contributed by atoms with E-state index in [1.54, 1.807) is 13.8 Å². The van der Waals surface area contributed by atoms with Crippen molar-refractivity contribution in [1.82, 2.24) is 0 Å². The SMILES string of the molecule is CCOC(=O)[C@@H](C)C1CCC(F)(F)CC1. The fraction of sp³-hybridized carbons (Fsp3) is 0.909. The number of hydrogen-bond donors (Lipinski definition) is 0. The van der Waals surface area contributed by atoms with Gasteiger partial charge in [0.1, 0.15) is 0 Å². The minimum Gasteiger partial charge on any atom is -0.466 e. The lowest BCUT2D eigenvalue weighted by atomic mass is 9.79. The van der Waals surface area contributed by atoms with Crippen LogP contribution in [0.2, 0.25) is 0 Å². The van der Waals surface area contributed by atoms with Crippen LogP contribution >= 0.6 is 0 Å². The average Bonchev–Trinajstić information content (AvgIpc) is 2.17. The van der Waals surface area contributed by atoms with Crippen LogP contribution in [0.4, 0.5) is 8.78 Å². The maximum atomic E-state index is 12.9. The molecule has 1 aliphatic rings. The van der Waals surface area contributed by atoms with E-state index in [-0.39, 0.29) is 30.6 Å². The van der Waals surface area contributed by atoms with Gasteiger partial charge >= 0.3 is 5.97 Å². The van der Waals surface area contributed by atoms with Crippen LogP contribution in [0.15, 0.2) is 0 Å². The molecule has 1 atom stereocenters. The second kappa shape index (κ2) is 4.90. The van der Waals surface area contributed by atoms with Crippen molar-refractivity contribution in [1.29, 1.82) is 0 Å². The van der Waals surface area contributed by atoms with Crippen LogP contribution in [0, 0.1) is 11.8 Å². The third kappa shape index (κ3) is 3.43. The van der Waals surface area contributed by atoms with Gasteiger partial charge in [0, 0.05) is 12.8 Å². The Balaban J connectivity index is 2.42. The van der Waals surface area contributed by atoms with Gasteiger partial charge in [-0.05, 0) is 25.7 Å². The van der Waals surface area contributed by atoms with Crippen molar-refractivity contribution < 1.29 is 18.3 Å². The Morgan fingerprint density at radius 2 is 2.00 bits per heavy atom. The third-order valence-corrected chi connectivity index (χ3v) is 3.13. The minimum absolute atomic E-state index is 0.0590. The first-order valence-electron chi connectivity index (χ1n) is 5.50. The van der Waals surface area contributed by atoms with Crippen molar-refractivity contribution in [2.45, 2.75) is 45.5 Å². The summed E-state index contributed by atoms with van der Waals surface area (Å²) in [6, 6.07) is 0. The summed E-state index contributed by atoms with van der Waals surface area (Å²) in [7, 11) is 0. The molecule has 0 aromatic rings. The van der Waals surface area contributed by atoms with E-state index in [2.05, 4.69) is 0 Å². The van der Waals surface area contributed by atoms with Crippen molar-refractivity contribution in [3.63, 3.8) is 0 Å². The van der Waals surface area contributed by atoms with Gasteiger partial charge in [-0.1, -0.05) is 6.92 Å². The first kappa shape index (κ1) is 12.4. The lowest BCUT2D eigenvalue weighted by Crippen LogP contribution is -2.31. The lowest BCUT2D eigenvalue weighted by molar-refractivity contribution is -0.151. The number of halogens is 2. The zero-order chi connectivity index (χ0) is 11.5. The molecule has 88 valence electrons. The van der Waals surface area contributed by atoms with Gasteiger partial charge in [0.2, 0.25) is 5.92 Å². The molecule has 4 heteroatoms. The lowest BCUT2D eigenvalue weighted by Gasteiger charge is -2.30. The summed E-state index contributed by atoms with van der Waals surface area (Å²) >= 11 is 0. The Kier molecular flexibility index (Phi) is 4.05. The number of rotatable bonds is 3. The summed E-state index contributed by atoms with van der Waals surface area (Å²) in [4.78, 5) is 11.4. The van der Waals surface area contributed by atoms with Gasteiger partial charge in [-0.25, -0.2) is 8.78 Å². The number of alkyl halides is 2. The Labute approximate surface area is 89.0 Å². The molecule has 0 aromatic heterocycles. The van der Waals surface area contributed by atoms with Gasteiger partial charge in [0.05, 0.1) is 12.5 Å². The van der Waals surface area contributed by atoms with E-state index in [0.29, 0.717) is 19.4 Å². The van der Waals surface area contributed by atoms with Crippen LogP contribution in [0.25, 0.3) is 0 Å². The average molecular weight is 220 g/mol. The molecule has 0 heterocycles. The van der Waals surface area contributed by atoms with E-state index < -0.39 is 5.92 Å². The van der Waals surface area contributed by atoms with Gasteiger partial charge in [-0.3, -0.25) is 4.79 Å². The van der Waals surface area contributed by atoms with Gasteiger partial charge in [0.25, 0.3) is 0 Å². The molecule has 0 unspecified atom stereocenters. The van der Waals surface area contributed by atoms with E-state index >= 15 is 0 Å². The largest absolute Gasteiger partial charge is 0.466 e. The fourth-order valence-electron chi connectivity index (χ4n) is 2.03. The first-order valence-corrected chi connectivity index (χ1v) is 5.50. The molecule has 1 aliphatic carbocycles. The highest BCUT2D eigenvalue weighted by Gasteiger charge is 2.38. The summed E-state index contributed by atoms with van der Waals surface area (Å²) in [6.07, 6.45) is 0.656. The van der Waals surface area contributed by atoms with Gasteiger partial charge in [-0.15, -0.1) is 0 Å². The number of carbonyl (C=O) groups is 1. The van der Waals surface area contributed by atoms with Gasteiger partial charge in [0.15, 0.2) is 0 Å². The molecular weight excluding hydrogens is 202 g/mol. The van der Waals surface area contributed by atoms with Crippen LogP contribution in [-0.4, -0.2) is 18.5 Å². The second-order valence-corrected chi connectivity index (χ2v) is 4.23. The highest BCUT2D eigenvalue weighted by Crippen LogP contribution is 2.39. The molecule has 0 amide bonds. The maximum Gasteiger partial charge on any atom is 0.308 e. The van der Waals surface area contributed by atoms with Crippen LogP contribution in [-0.2, 0) is 9.53 Å². The molecule has 0 aliphatic heterocycles. The monoisotopic (exact) mass is 220 g/mol. The minimum atomic E-state index is -2.52. The fourth-order valence-corrected chi connectivity index (χ4v) is 2.03. The van der Waals surface area contributed by atoms with E-state index in [1.807, 2.05) is 0 Å². The Hall–Kier alpha value is -0.670. The summed E-state index contributed by atoms with van der Waals surface area (Å²) < 4.78 is 30.6. The number of hydrogen-bond acceptors (Lipinski definition) is 2. The van der Waals surface area contributed by atoms with Crippen LogP contribution in [0.3, 0.4) is 0 Å².